The number of ether oxygens (including phenoxy) is 1. The normalized spacial score (nSPS) is 10.8. The maximum Gasteiger partial charge on any atom is 0.346 e. The molecule has 1 N–H and O–H groups in total. The average molecular weight is 264 g/mol. The van der Waals surface area contributed by atoms with Gasteiger partial charge in [-0.2, -0.15) is 0 Å². The van der Waals surface area contributed by atoms with Gasteiger partial charge in [-0.3, -0.25) is 4.79 Å². The first-order valence-electron chi connectivity index (χ1n) is 5.46. The Labute approximate surface area is 107 Å². The average Bonchev–Trinajstić information content (AvgIpc) is 2.27. The molecule has 0 amide bonds. The van der Waals surface area contributed by atoms with Gasteiger partial charge in [-0.25, -0.2) is 4.79 Å². The predicted octanol–water partition coefficient (Wildman–Crippen LogP) is 2.75. The van der Waals surface area contributed by atoms with Crippen LogP contribution < -0.4 is 9.48 Å². The van der Waals surface area contributed by atoms with E-state index in [1.807, 2.05) is 13.8 Å². The smallest absolute Gasteiger partial charge is 0.346 e. The summed E-state index contributed by atoms with van der Waals surface area (Å²) in [6.07, 6.45) is -0.0425. The topological polar surface area (TPSA) is 63.6 Å². The molecule has 0 aliphatic carbocycles. The van der Waals surface area contributed by atoms with Crippen LogP contribution in [0.4, 0.5) is 0 Å². The molecule has 0 unspecified atom stereocenters. The number of fused-ring (bicyclic) bond motifs is 1. The van der Waals surface area contributed by atoms with E-state index in [9.17, 15) is 9.59 Å². The number of carboxylic acid groups (broad SMARTS) is 1. The first kappa shape index (κ1) is 12.6. The lowest BCUT2D eigenvalue weighted by atomic mass is 10.1. The van der Waals surface area contributed by atoms with Crippen molar-refractivity contribution in [2.24, 2.45) is 0 Å². The maximum absolute atomic E-state index is 12.0. The van der Waals surface area contributed by atoms with E-state index in [0.717, 1.165) is 11.3 Å². The summed E-state index contributed by atoms with van der Waals surface area (Å²) >= 11 is 0.721. The molecule has 18 heavy (non-hydrogen) atoms. The SMILES string of the molecule is CC(C)Oc1cccc2cc(C(=O)O)sc(=O)c12. The lowest BCUT2D eigenvalue weighted by molar-refractivity contribution is 0.0702. The Morgan fingerprint density at radius 3 is 2.72 bits per heavy atom. The van der Waals surface area contributed by atoms with Gasteiger partial charge in [0.15, 0.2) is 0 Å². The number of hydrogen-bond acceptors (Lipinski definition) is 4. The van der Waals surface area contributed by atoms with Crippen molar-refractivity contribution in [1.29, 1.82) is 0 Å². The van der Waals surface area contributed by atoms with Crippen LogP contribution in [0, 0.1) is 0 Å². The van der Waals surface area contributed by atoms with Gasteiger partial charge in [0.25, 0.3) is 0 Å². The minimum Gasteiger partial charge on any atom is -0.490 e. The molecule has 0 fully saturated rings. The number of aromatic carboxylic acids is 1. The molecule has 0 radical (unpaired) electrons. The van der Waals surface area contributed by atoms with E-state index in [-0.39, 0.29) is 15.7 Å². The van der Waals surface area contributed by atoms with Crippen LogP contribution in [0.2, 0.25) is 0 Å². The van der Waals surface area contributed by atoms with Crippen molar-refractivity contribution in [1.82, 2.24) is 0 Å². The number of carboxylic acids is 1. The van der Waals surface area contributed by atoms with Gasteiger partial charge in [0, 0.05) is 0 Å². The third-order valence-corrected chi connectivity index (χ3v) is 3.23. The van der Waals surface area contributed by atoms with Crippen molar-refractivity contribution >= 4 is 28.1 Å². The van der Waals surface area contributed by atoms with Crippen LogP contribution in [0.5, 0.6) is 5.75 Å². The summed E-state index contributed by atoms with van der Waals surface area (Å²) in [5.74, 6) is -0.588. The molecule has 0 aliphatic rings. The molecule has 0 aliphatic heterocycles. The molecule has 4 nitrogen and oxygen atoms in total. The fourth-order valence-corrected chi connectivity index (χ4v) is 2.46. The van der Waals surface area contributed by atoms with Crippen molar-refractivity contribution in [3.05, 3.63) is 38.7 Å². The van der Waals surface area contributed by atoms with Gasteiger partial charge in [-0.15, -0.1) is 0 Å². The van der Waals surface area contributed by atoms with Crippen molar-refractivity contribution < 1.29 is 14.6 Å². The summed E-state index contributed by atoms with van der Waals surface area (Å²) in [6, 6.07) is 6.67. The zero-order chi connectivity index (χ0) is 13.3. The lowest BCUT2D eigenvalue weighted by Crippen LogP contribution is -2.09. The van der Waals surface area contributed by atoms with Crippen LogP contribution in [-0.2, 0) is 0 Å². The van der Waals surface area contributed by atoms with Crippen LogP contribution in [0.25, 0.3) is 10.8 Å². The van der Waals surface area contributed by atoms with Crippen LogP contribution in [-0.4, -0.2) is 17.2 Å². The molecule has 2 aromatic rings. The van der Waals surface area contributed by atoms with E-state index < -0.39 is 5.97 Å². The standard InChI is InChI=1S/C13H12O4S/c1-7(2)17-9-5-3-4-8-6-10(12(14)15)18-13(16)11(8)9/h3-7H,1-2H3,(H,14,15). The molecule has 1 aromatic heterocycles. The molecule has 1 heterocycles. The predicted molar refractivity (Wildman–Crippen MR) is 70.8 cm³/mol. The zero-order valence-electron chi connectivity index (χ0n) is 9.97. The fraction of sp³-hybridized carbons (Fsp3) is 0.231. The maximum atomic E-state index is 12.0. The third-order valence-electron chi connectivity index (χ3n) is 2.33. The molecule has 0 spiro atoms. The summed E-state index contributed by atoms with van der Waals surface area (Å²) in [4.78, 5) is 22.9. The van der Waals surface area contributed by atoms with Gasteiger partial charge in [0.1, 0.15) is 10.6 Å². The van der Waals surface area contributed by atoms with Crippen molar-refractivity contribution in [2.75, 3.05) is 0 Å². The van der Waals surface area contributed by atoms with E-state index in [0.29, 0.717) is 16.5 Å². The second-order valence-electron chi connectivity index (χ2n) is 4.09. The monoisotopic (exact) mass is 264 g/mol. The molecule has 1 aromatic carbocycles. The second kappa shape index (κ2) is 4.78. The van der Waals surface area contributed by atoms with Gasteiger partial charge in [0.2, 0.25) is 4.74 Å². The minimum atomic E-state index is -1.09. The highest BCUT2D eigenvalue weighted by Crippen LogP contribution is 2.25. The Morgan fingerprint density at radius 1 is 1.39 bits per heavy atom. The Balaban J connectivity index is 2.71. The second-order valence-corrected chi connectivity index (χ2v) is 5.10. The highest BCUT2D eigenvalue weighted by molar-refractivity contribution is 7.11. The van der Waals surface area contributed by atoms with E-state index in [1.165, 1.54) is 6.07 Å². The summed E-state index contributed by atoms with van der Waals surface area (Å²) in [6.45, 7) is 3.75. The van der Waals surface area contributed by atoms with Crippen LogP contribution in [0.15, 0.2) is 29.1 Å². The van der Waals surface area contributed by atoms with Crippen LogP contribution >= 0.6 is 11.3 Å². The Kier molecular flexibility index (Phi) is 3.34. The van der Waals surface area contributed by atoms with E-state index in [1.54, 1.807) is 18.2 Å². The molecular weight excluding hydrogens is 252 g/mol. The zero-order valence-corrected chi connectivity index (χ0v) is 10.8. The van der Waals surface area contributed by atoms with E-state index in [4.69, 9.17) is 9.84 Å². The third kappa shape index (κ3) is 2.36. The lowest BCUT2D eigenvalue weighted by Gasteiger charge is -2.11. The summed E-state index contributed by atoms with van der Waals surface area (Å²) in [5.41, 5.74) is 0. The first-order valence-corrected chi connectivity index (χ1v) is 6.27. The molecule has 5 heteroatoms. The summed E-state index contributed by atoms with van der Waals surface area (Å²) in [7, 11) is 0. The van der Waals surface area contributed by atoms with Gasteiger partial charge in [0.05, 0.1) is 11.5 Å². The van der Waals surface area contributed by atoms with Gasteiger partial charge in [-0.05, 0) is 31.4 Å². The van der Waals surface area contributed by atoms with Gasteiger partial charge in [-0.1, -0.05) is 23.5 Å². The Morgan fingerprint density at radius 2 is 2.11 bits per heavy atom. The molecule has 0 saturated heterocycles. The molecule has 0 bridgehead atoms. The Bertz CT molecular complexity index is 658. The van der Waals surface area contributed by atoms with Crippen LogP contribution in [0.3, 0.4) is 0 Å². The number of carbonyl (C=O) groups is 1. The molecule has 94 valence electrons. The van der Waals surface area contributed by atoms with E-state index >= 15 is 0 Å². The molecule has 0 saturated carbocycles. The Hall–Kier alpha value is -1.88. The summed E-state index contributed by atoms with van der Waals surface area (Å²) < 4.78 is 5.28. The molecule has 0 atom stereocenters. The fourth-order valence-electron chi connectivity index (χ4n) is 1.67. The van der Waals surface area contributed by atoms with Gasteiger partial charge < -0.3 is 9.84 Å². The quantitative estimate of drug-likeness (QED) is 0.925. The minimum absolute atomic E-state index is 0.0363. The first-order chi connectivity index (χ1) is 8.49. The van der Waals surface area contributed by atoms with Crippen molar-refractivity contribution in [3.8, 4) is 5.75 Å². The van der Waals surface area contributed by atoms with Gasteiger partial charge >= 0.3 is 5.97 Å². The largest absolute Gasteiger partial charge is 0.490 e. The highest BCUT2D eigenvalue weighted by Gasteiger charge is 2.12. The molecular formula is C13H12O4S. The number of hydrogen-bond donors (Lipinski definition) is 1. The van der Waals surface area contributed by atoms with Crippen molar-refractivity contribution in [3.63, 3.8) is 0 Å². The highest BCUT2D eigenvalue weighted by atomic mass is 32.1. The van der Waals surface area contributed by atoms with Crippen molar-refractivity contribution in [2.45, 2.75) is 20.0 Å². The number of rotatable bonds is 3. The molecule has 2 rings (SSSR count). The number of benzene rings is 1. The summed E-state index contributed by atoms with van der Waals surface area (Å²) in [5, 5.41) is 9.96. The van der Waals surface area contributed by atoms with Crippen LogP contribution in [0.1, 0.15) is 23.5 Å². The van der Waals surface area contributed by atoms with E-state index in [2.05, 4.69) is 0 Å².